The van der Waals surface area contributed by atoms with Crippen molar-refractivity contribution >= 4 is 11.9 Å². The molecule has 0 aliphatic heterocycles. The van der Waals surface area contributed by atoms with Crippen LogP contribution in [0.15, 0.2) is 10.5 Å². The quantitative estimate of drug-likeness (QED) is 0.766. The molecule has 0 radical (unpaired) electrons. The first-order valence-corrected chi connectivity index (χ1v) is 5.71. The SMILES string of the molecule is CCC=Cc1nc2c(o1)CC(C)(C)CC2=O. The summed E-state index contributed by atoms with van der Waals surface area (Å²) >= 11 is 0. The van der Waals surface area contributed by atoms with Gasteiger partial charge in [0.2, 0.25) is 5.89 Å². The van der Waals surface area contributed by atoms with Gasteiger partial charge < -0.3 is 4.42 Å². The van der Waals surface area contributed by atoms with Gasteiger partial charge in [0.1, 0.15) is 11.5 Å². The molecule has 0 atom stereocenters. The van der Waals surface area contributed by atoms with Crippen molar-refractivity contribution in [1.82, 2.24) is 4.98 Å². The molecule has 1 aromatic rings. The van der Waals surface area contributed by atoms with Crippen molar-refractivity contribution < 1.29 is 9.21 Å². The third-order valence-electron chi connectivity index (χ3n) is 2.75. The Morgan fingerprint density at radius 2 is 2.19 bits per heavy atom. The van der Waals surface area contributed by atoms with Gasteiger partial charge >= 0.3 is 0 Å². The Balaban J connectivity index is 2.34. The van der Waals surface area contributed by atoms with E-state index in [2.05, 4.69) is 18.8 Å². The number of hydrogen-bond acceptors (Lipinski definition) is 3. The highest BCUT2D eigenvalue weighted by Gasteiger charge is 2.34. The fourth-order valence-corrected chi connectivity index (χ4v) is 2.01. The zero-order valence-corrected chi connectivity index (χ0v) is 10.0. The van der Waals surface area contributed by atoms with Crippen LogP contribution in [0.1, 0.15) is 55.8 Å². The van der Waals surface area contributed by atoms with Gasteiger partial charge in [-0.25, -0.2) is 4.98 Å². The Morgan fingerprint density at radius 3 is 2.88 bits per heavy atom. The standard InChI is InChI=1S/C13H17NO2/c1-4-5-6-11-14-12-9(15)7-13(2,3)8-10(12)16-11/h5-6H,4,7-8H2,1-3H3. The van der Waals surface area contributed by atoms with Gasteiger partial charge in [0.05, 0.1) is 0 Å². The number of oxazole rings is 1. The van der Waals surface area contributed by atoms with E-state index in [9.17, 15) is 4.79 Å². The molecule has 0 unspecified atom stereocenters. The van der Waals surface area contributed by atoms with Crippen LogP contribution in [0, 0.1) is 5.41 Å². The Kier molecular flexibility index (Phi) is 2.70. The molecule has 3 heteroatoms. The third-order valence-corrected chi connectivity index (χ3v) is 2.75. The molecule has 1 aliphatic carbocycles. The van der Waals surface area contributed by atoms with Crippen molar-refractivity contribution in [2.24, 2.45) is 5.41 Å². The lowest BCUT2D eigenvalue weighted by molar-refractivity contribution is 0.0899. The van der Waals surface area contributed by atoms with Crippen LogP contribution in [0.25, 0.3) is 6.08 Å². The van der Waals surface area contributed by atoms with Crippen molar-refractivity contribution in [3.63, 3.8) is 0 Å². The van der Waals surface area contributed by atoms with E-state index in [1.54, 1.807) is 0 Å². The maximum Gasteiger partial charge on any atom is 0.219 e. The molecular weight excluding hydrogens is 202 g/mol. The van der Waals surface area contributed by atoms with E-state index in [1.165, 1.54) is 0 Å². The number of rotatable bonds is 2. The first-order valence-electron chi connectivity index (χ1n) is 5.71. The summed E-state index contributed by atoms with van der Waals surface area (Å²) in [5.41, 5.74) is 0.533. The van der Waals surface area contributed by atoms with Gasteiger partial charge in [0, 0.05) is 12.8 Å². The number of aromatic nitrogens is 1. The van der Waals surface area contributed by atoms with Gasteiger partial charge in [0.25, 0.3) is 0 Å². The summed E-state index contributed by atoms with van der Waals surface area (Å²) in [5.74, 6) is 1.40. The van der Waals surface area contributed by atoms with Crippen LogP contribution in [-0.2, 0) is 6.42 Å². The molecule has 0 spiro atoms. The van der Waals surface area contributed by atoms with E-state index in [-0.39, 0.29) is 11.2 Å². The number of Topliss-reactive ketones (excluding diaryl/α,β-unsaturated/α-hetero) is 1. The topological polar surface area (TPSA) is 43.1 Å². The molecule has 0 fully saturated rings. The highest BCUT2D eigenvalue weighted by Crippen LogP contribution is 2.34. The molecule has 0 bridgehead atoms. The van der Waals surface area contributed by atoms with E-state index < -0.39 is 0 Å². The summed E-state index contributed by atoms with van der Waals surface area (Å²) < 4.78 is 5.60. The Bertz CT molecular complexity index is 441. The van der Waals surface area contributed by atoms with E-state index in [4.69, 9.17) is 4.42 Å². The number of ketones is 1. The second kappa shape index (κ2) is 3.89. The maximum absolute atomic E-state index is 11.8. The molecule has 1 heterocycles. The van der Waals surface area contributed by atoms with Crippen LogP contribution in [0.4, 0.5) is 0 Å². The molecule has 0 saturated carbocycles. The van der Waals surface area contributed by atoms with Crippen molar-refractivity contribution in [3.8, 4) is 0 Å². The lowest BCUT2D eigenvalue weighted by Crippen LogP contribution is -2.26. The van der Waals surface area contributed by atoms with Gasteiger partial charge in [-0.05, 0) is 17.9 Å². The predicted molar refractivity (Wildman–Crippen MR) is 62.3 cm³/mol. The summed E-state index contributed by atoms with van der Waals surface area (Å²) in [6.07, 6.45) is 6.10. The molecule has 86 valence electrons. The predicted octanol–water partition coefficient (Wildman–Crippen LogP) is 3.25. The average Bonchev–Trinajstić information content (AvgIpc) is 2.56. The van der Waals surface area contributed by atoms with Crippen molar-refractivity contribution in [2.75, 3.05) is 0 Å². The number of fused-ring (bicyclic) bond motifs is 1. The Labute approximate surface area is 95.6 Å². The molecule has 16 heavy (non-hydrogen) atoms. The Morgan fingerprint density at radius 1 is 1.44 bits per heavy atom. The molecule has 1 aromatic heterocycles. The Hall–Kier alpha value is -1.38. The lowest BCUT2D eigenvalue weighted by atomic mass is 9.78. The van der Waals surface area contributed by atoms with Crippen LogP contribution in [0.5, 0.6) is 0 Å². The summed E-state index contributed by atoms with van der Waals surface area (Å²) in [6.45, 7) is 6.21. The molecule has 0 aromatic carbocycles. The first kappa shape index (κ1) is 11.1. The summed E-state index contributed by atoms with van der Waals surface area (Å²) in [7, 11) is 0. The highest BCUT2D eigenvalue weighted by molar-refractivity contribution is 5.96. The van der Waals surface area contributed by atoms with Gasteiger partial charge in [-0.15, -0.1) is 0 Å². The van der Waals surface area contributed by atoms with Gasteiger partial charge in [-0.2, -0.15) is 0 Å². The van der Waals surface area contributed by atoms with Crippen LogP contribution >= 0.6 is 0 Å². The molecule has 0 N–H and O–H groups in total. The van der Waals surface area contributed by atoms with E-state index in [0.717, 1.165) is 18.6 Å². The van der Waals surface area contributed by atoms with E-state index >= 15 is 0 Å². The minimum absolute atomic E-state index is 0.00461. The first-order chi connectivity index (χ1) is 7.52. The van der Waals surface area contributed by atoms with E-state index in [0.29, 0.717) is 18.0 Å². The fraction of sp³-hybridized carbons (Fsp3) is 0.538. The lowest BCUT2D eigenvalue weighted by Gasteiger charge is -2.25. The van der Waals surface area contributed by atoms with Crippen LogP contribution in [0.3, 0.4) is 0 Å². The second-order valence-corrected chi connectivity index (χ2v) is 5.08. The zero-order valence-electron chi connectivity index (χ0n) is 10.0. The largest absolute Gasteiger partial charge is 0.441 e. The van der Waals surface area contributed by atoms with Crippen molar-refractivity contribution in [3.05, 3.63) is 23.4 Å². The van der Waals surface area contributed by atoms with Crippen LogP contribution in [0.2, 0.25) is 0 Å². The number of carbonyl (C=O) groups excluding carboxylic acids is 1. The summed E-state index contributed by atoms with van der Waals surface area (Å²) in [4.78, 5) is 16.1. The minimum atomic E-state index is -0.00461. The highest BCUT2D eigenvalue weighted by atomic mass is 16.4. The summed E-state index contributed by atoms with van der Waals surface area (Å²) in [5, 5.41) is 0. The molecular formula is C13H17NO2. The smallest absolute Gasteiger partial charge is 0.219 e. The van der Waals surface area contributed by atoms with Crippen LogP contribution < -0.4 is 0 Å². The second-order valence-electron chi connectivity index (χ2n) is 5.08. The van der Waals surface area contributed by atoms with Gasteiger partial charge in [-0.1, -0.05) is 26.8 Å². The number of carbonyl (C=O) groups is 1. The molecule has 0 saturated heterocycles. The van der Waals surface area contributed by atoms with Gasteiger partial charge in [-0.3, -0.25) is 4.79 Å². The number of allylic oxidation sites excluding steroid dienone is 1. The molecule has 2 rings (SSSR count). The number of nitrogens with zero attached hydrogens (tertiary/aromatic N) is 1. The molecule has 1 aliphatic rings. The van der Waals surface area contributed by atoms with Crippen molar-refractivity contribution in [2.45, 2.75) is 40.0 Å². The maximum atomic E-state index is 11.8. The number of hydrogen-bond donors (Lipinski definition) is 0. The normalized spacial score (nSPS) is 19.1. The molecule has 3 nitrogen and oxygen atoms in total. The minimum Gasteiger partial charge on any atom is -0.441 e. The third kappa shape index (κ3) is 2.08. The van der Waals surface area contributed by atoms with Crippen molar-refractivity contribution in [1.29, 1.82) is 0 Å². The van der Waals surface area contributed by atoms with E-state index in [1.807, 2.05) is 19.1 Å². The monoisotopic (exact) mass is 219 g/mol. The fourth-order valence-electron chi connectivity index (χ4n) is 2.01. The molecule has 0 amide bonds. The van der Waals surface area contributed by atoms with Crippen LogP contribution in [-0.4, -0.2) is 10.8 Å². The zero-order chi connectivity index (χ0) is 11.8. The average molecular weight is 219 g/mol. The van der Waals surface area contributed by atoms with Gasteiger partial charge in [0.15, 0.2) is 5.78 Å². The summed E-state index contributed by atoms with van der Waals surface area (Å²) in [6, 6.07) is 0.